The van der Waals surface area contributed by atoms with Gasteiger partial charge >= 0.3 is 0 Å². The summed E-state index contributed by atoms with van der Waals surface area (Å²) in [5.74, 6) is 0.202. The first-order chi connectivity index (χ1) is 7.11. The van der Waals surface area contributed by atoms with Gasteiger partial charge < -0.3 is 4.74 Å². The van der Waals surface area contributed by atoms with Crippen LogP contribution in [0.3, 0.4) is 0 Å². The molecule has 88 valence electrons. The van der Waals surface area contributed by atoms with Crippen molar-refractivity contribution in [3.63, 3.8) is 0 Å². The van der Waals surface area contributed by atoms with Crippen molar-refractivity contribution in [1.29, 1.82) is 0 Å². The molecule has 0 fully saturated rings. The molecule has 0 saturated heterocycles. The highest BCUT2D eigenvalue weighted by atomic mass is 16.5. The fourth-order valence-electron chi connectivity index (χ4n) is 0.951. The normalized spacial score (nSPS) is 14.0. The van der Waals surface area contributed by atoms with E-state index >= 15 is 0 Å². The molecule has 1 N–H and O–H groups in total. The summed E-state index contributed by atoms with van der Waals surface area (Å²) in [5.41, 5.74) is 0.833. The van der Waals surface area contributed by atoms with Gasteiger partial charge in [0.1, 0.15) is 0 Å². The molecule has 0 aromatic rings. The Kier molecular flexibility index (Phi) is 8.24. The summed E-state index contributed by atoms with van der Waals surface area (Å²) < 4.78 is 5.42. The molecule has 15 heavy (non-hydrogen) atoms. The molecule has 0 radical (unpaired) electrons. The average Bonchev–Trinajstić information content (AvgIpc) is 2.26. The Morgan fingerprint density at radius 1 is 1.53 bits per heavy atom. The Morgan fingerprint density at radius 3 is 2.73 bits per heavy atom. The van der Waals surface area contributed by atoms with Gasteiger partial charge in [0, 0.05) is 13.0 Å². The number of hydrogen-bond donors (Lipinski definition) is 1. The Balaban J connectivity index is 3.43. The molecule has 0 rings (SSSR count). The third-order valence-electron chi connectivity index (χ3n) is 2.45. The summed E-state index contributed by atoms with van der Waals surface area (Å²) in [6.45, 7) is 9.06. The SMILES string of the molecule is CC=C(C)C(=O)CCNCOC(C)CC. The summed E-state index contributed by atoms with van der Waals surface area (Å²) in [6.07, 6.45) is 3.68. The Bertz CT molecular complexity index is 212. The van der Waals surface area contributed by atoms with Crippen molar-refractivity contribution in [2.75, 3.05) is 13.3 Å². The summed E-state index contributed by atoms with van der Waals surface area (Å²) in [6, 6.07) is 0. The molecule has 0 aliphatic carbocycles. The van der Waals surface area contributed by atoms with Crippen LogP contribution < -0.4 is 5.32 Å². The Hall–Kier alpha value is -0.670. The van der Waals surface area contributed by atoms with E-state index in [0.717, 1.165) is 12.0 Å². The van der Waals surface area contributed by atoms with Crippen molar-refractivity contribution in [2.24, 2.45) is 0 Å². The fraction of sp³-hybridized carbons (Fsp3) is 0.750. The van der Waals surface area contributed by atoms with Crippen molar-refractivity contribution in [3.8, 4) is 0 Å². The highest BCUT2D eigenvalue weighted by molar-refractivity contribution is 5.94. The van der Waals surface area contributed by atoms with Crippen LogP contribution in [-0.4, -0.2) is 25.2 Å². The average molecular weight is 213 g/mol. The monoisotopic (exact) mass is 213 g/mol. The van der Waals surface area contributed by atoms with E-state index in [9.17, 15) is 4.79 Å². The van der Waals surface area contributed by atoms with Gasteiger partial charge in [-0.05, 0) is 32.8 Å². The lowest BCUT2D eigenvalue weighted by Gasteiger charge is -2.11. The third kappa shape index (κ3) is 7.28. The number of hydrogen-bond acceptors (Lipinski definition) is 3. The number of Topliss-reactive ketones (excluding diaryl/α,β-unsaturated/α-hetero) is 1. The van der Waals surface area contributed by atoms with Gasteiger partial charge in [0.15, 0.2) is 5.78 Å². The molecule has 0 saturated carbocycles. The van der Waals surface area contributed by atoms with Crippen molar-refractivity contribution >= 4 is 5.78 Å². The lowest BCUT2D eigenvalue weighted by molar-refractivity contribution is -0.115. The standard InChI is InChI=1S/C12H23NO2/c1-5-10(3)12(14)7-8-13-9-15-11(4)6-2/h5,11,13H,6-9H2,1-4H3. The molecule has 0 heterocycles. The van der Waals surface area contributed by atoms with E-state index in [1.54, 1.807) is 0 Å². The molecule has 0 spiro atoms. The smallest absolute Gasteiger partial charge is 0.159 e. The molecule has 0 aromatic carbocycles. The maximum atomic E-state index is 11.4. The molecule has 1 unspecified atom stereocenters. The van der Waals surface area contributed by atoms with E-state index < -0.39 is 0 Å². The predicted octanol–water partition coefficient (Wildman–Crippen LogP) is 2.27. The van der Waals surface area contributed by atoms with Crippen molar-refractivity contribution in [2.45, 2.75) is 46.6 Å². The van der Waals surface area contributed by atoms with Crippen molar-refractivity contribution < 1.29 is 9.53 Å². The number of allylic oxidation sites excluding steroid dienone is 2. The zero-order valence-electron chi connectivity index (χ0n) is 10.3. The maximum absolute atomic E-state index is 11.4. The van der Waals surface area contributed by atoms with Crippen LogP contribution in [0.5, 0.6) is 0 Å². The molecule has 0 aliphatic rings. The van der Waals surface area contributed by atoms with E-state index in [0.29, 0.717) is 19.7 Å². The van der Waals surface area contributed by atoms with Crippen LogP contribution in [0.25, 0.3) is 0 Å². The van der Waals surface area contributed by atoms with Gasteiger partial charge in [-0.2, -0.15) is 0 Å². The molecule has 0 aliphatic heterocycles. The number of carbonyl (C=O) groups excluding carboxylic acids is 1. The summed E-state index contributed by atoms with van der Waals surface area (Å²) in [7, 11) is 0. The highest BCUT2D eigenvalue weighted by Gasteiger charge is 2.02. The quantitative estimate of drug-likeness (QED) is 0.382. The zero-order valence-corrected chi connectivity index (χ0v) is 10.3. The highest BCUT2D eigenvalue weighted by Crippen LogP contribution is 1.97. The largest absolute Gasteiger partial charge is 0.363 e. The van der Waals surface area contributed by atoms with E-state index in [1.807, 2.05) is 26.8 Å². The molecule has 3 nitrogen and oxygen atoms in total. The lowest BCUT2D eigenvalue weighted by Crippen LogP contribution is -2.24. The van der Waals surface area contributed by atoms with Crippen LogP contribution in [0, 0.1) is 0 Å². The van der Waals surface area contributed by atoms with Gasteiger partial charge in [0.05, 0.1) is 12.8 Å². The second-order valence-corrected chi connectivity index (χ2v) is 3.67. The number of rotatable bonds is 8. The first-order valence-corrected chi connectivity index (χ1v) is 5.60. The maximum Gasteiger partial charge on any atom is 0.159 e. The van der Waals surface area contributed by atoms with E-state index in [1.165, 1.54) is 0 Å². The van der Waals surface area contributed by atoms with Crippen LogP contribution in [-0.2, 0) is 9.53 Å². The number of nitrogens with one attached hydrogen (secondary N) is 1. The van der Waals surface area contributed by atoms with Gasteiger partial charge in [-0.25, -0.2) is 0 Å². The topological polar surface area (TPSA) is 38.3 Å². The number of carbonyl (C=O) groups is 1. The van der Waals surface area contributed by atoms with Crippen LogP contribution in [0.4, 0.5) is 0 Å². The molecule has 0 amide bonds. The molecular formula is C12H23NO2. The van der Waals surface area contributed by atoms with Gasteiger partial charge in [-0.15, -0.1) is 0 Å². The van der Waals surface area contributed by atoms with Gasteiger partial charge in [0.25, 0.3) is 0 Å². The second kappa shape index (κ2) is 8.62. The molecule has 0 aromatic heterocycles. The predicted molar refractivity (Wildman–Crippen MR) is 62.8 cm³/mol. The van der Waals surface area contributed by atoms with Crippen LogP contribution in [0.1, 0.15) is 40.5 Å². The molecule has 3 heteroatoms. The molecule has 1 atom stereocenters. The van der Waals surface area contributed by atoms with Crippen LogP contribution in [0.2, 0.25) is 0 Å². The van der Waals surface area contributed by atoms with E-state index in [4.69, 9.17) is 4.74 Å². The van der Waals surface area contributed by atoms with E-state index in [-0.39, 0.29) is 11.9 Å². The minimum Gasteiger partial charge on any atom is -0.363 e. The van der Waals surface area contributed by atoms with Crippen molar-refractivity contribution in [3.05, 3.63) is 11.6 Å². The third-order valence-corrected chi connectivity index (χ3v) is 2.45. The lowest BCUT2D eigenvalue weighted by atomic mass is 10.1. The van der Waals surface area contributed by atoms with Crippen LogP contribution in [0.15, 0.2) is 11.6 Å². The molecule has 0 bridgehead atoms. The first kappa shape index (κ1) is 14.3. The van der Waals surface area contributed by atoms with Crippen molar-refractivity contribution in [1.82, 2.24) is 5.32 Å². The Labute approximate surface area is 92.9 Å². The minimum atomic E-state index is 0.202. The summed E-state index contributed by atoms with van der Waals surface area (Å²) in [4.78, 5) is 11.4. The van der Waals surface area contributed by atoms with Gasteiger partial charge in [-0.3, -0.25) is 10.1 Å². The second-order valence-electron chi connectivity index (χ2n) is 3.67. The zero-order chi connectivity index (χ0) is 11.7. The van der Waals surface area contributed by atoms with Gasteiger partial charge in [-0.1, -0.05) is 13.0 Å². The van der Waals surface area contributed by atoms with Gasteiger partial charge in [0.2, 0.25) is 0 Å². The van der Waals surface area contributed by atoms with E-state index in [2.05, 4.69) is 12.2 Å². The Morgan fingerprint density at radius 2 is 2.20 bits per heavy atom. The first-order valence-electron chi connectivity index (χ1n) is 5.60. The fourth-order valence-corrected chi connectivity index (χ4v) is 0.951. The van der Waals surface area contributed by atoms with Crippen LogP contribution >= 0.6 is 0 Å². The molecular weight excluding hydrogens is 190 g/mol. The summed E-state index contributed by atoms with van der Waals surface area (Å²) >= 11 is 0. The summed E-state index contributed by atoms with van der Waals surface area (Å²) in [5, 5.41) is 3.09. The number of ether oxygens (including phenoxy) is 1. The minimum absolute atomic E-state index is 0.202. The number of ketones is 1.